The highest BCUT2D eigenvalue weighted by Gasteiger charge is 2.25. The summed E-state index contributed by atoms with van der Waals surface area (Å²) in [5.41, 5.74) is 2.74. The van der Waals surface area contributed by atoms with Gasteiger partial charge in [0.05, 0.1) is 24.2 Å². The standard InChI is InChI=1S/C25H25N5O4S/c1-18-12-13-20(35(32,33)29(2)23-10-6-7-11-24(23)34-3)14-21(18)25(31)28-22-9-5-4-8-19(22)15-30-17-26-16-27-30/h4-14,16-17H,15H2,1-3H3,(H,28,31). The van der Waals surface area contributed by atoms with Gasteiger partial charge < -0.3 is 10.1 Å². The number of anilines is 2. The maximum absolute atomic E-state index is 13.4. The molecule has 0 bridgehead atoms. The van der Waals surface area contributed by atoms with Crippen LogP contribution >= 0.6 is 0 Å². The lowest BCUT2D eigenvalue weighted by molar-refractivity contribution is 0.102. The lowest BCUT2D eigenvalue weighted by atomic mass is 10.1. The number of ether oxygens (including phenoxy) is 1. The van der Waals surface area contributed by atoms with Gasteiger partial charge in [-0.25, -0.2) is 18.1 Å². The van der Waals surface area contributed by atoms with Crippen LogP contribution in [0.25, 0.3) is 0 Å². The second-order valence-corrected chi connectivity index (χ2v) is 9.79. The van der Waals surface area contributed by atoms with E-state index in [0.717, 1.165) is 9.87 Å². The van der Waals surface area contributed by atoms with E-state index < -0.39 is 15.9 Å². The summed E-state index contributed by atoms with van der Waals surface area (Å²) in [5, 5.41) is 7.02. The van der Waals surface area contributed by atoms with Gasteiger partial charge in [0.2, 0.25) is 0 Å². The van der Waals surface area contributed by atoms with Gasteiger partial charge in [-0.1, -0.05) is 36.4 Å². The first-order valence-electron chi connectivity index (χ1n) is 10.8. The van der Waals surface area contributed by atoms with Gasteiger partial charge in [-0.05, 0) is 48.4 Å². The number of methoxy groups -OCH3 is 1. The van der Waals surface area contributed by atoms with Crippen LogP contribution in [0.4, 0.5) is 11.4 Å². The summed E-state index contributed by atoms with van der Waals surface area (Å²) in [6, 6.07) is 18.7. The third-order valence-corrected chi connectivity index (χ3v) is 7.37. The van der Waals surface area contributed by atoms with Crippen molar-refractivity contribution in [3.05, 3.63) is 96.1 Å². The molecule has 4 aromatic rings. The average molecular weight is 492 g/mol. The molecule has 1 aromatic heterocycles. The van der Waals surface area contributed by atoms with Crippen LogP contribution < -0.4 is 14.4 Å². The van der Waals surface area contributed by atoms with E-state index in [9.17, 15) is 13.2 Å². The van der Waals surface area contributed by atoms with Crippen molar-refractivity contribution in [3.8, 4) is 5.75 Å². The fourth-order valence-corrected chi connectivity index (χ4v) is 4.88. The van der Waals surface area contributed by atoms with Crippen LogP contribution in [0.15, 0.2) is 84.3 Å². The number of sulfonamides is 1. The smallest absolute Gasteiger partial charge is 0.264 e. The van der Waals surface area contributed by atoms with Gasteiger partial charge in [-0.2, -0.15) is 5.10 Å². The Morgan fingerprint density at radius 2 is 1.83 bits per heavy atom. The van der Waals surface area contributed by atoms with E-state index in [-0.39, 0.29) is 10.5 Å². The highest BCUT2D eigenvalue weighted by atomic mass is 32.2. The molecule has 0 aliphatic heterocycles. The molecule has 1 amide bonds. The molecular formula is C25H25N5O4S. The first-order valence-corrected chi connectivity index (χ1v) is 12.2. The normalized spacial score (nSPS) is 11.2. The molecular weight excluding hydrogens is 466 g/mol. The molecule has 3 aromatic carbocycles. The number of hydrogen-bond acceptors (Lipinski definition) is 6. The molecule has 4 rings (SSSR count). The largest absolute Gasteiger partial charge is 0.495 e. The van der Waals surface area contributed by atoms with Gasteiger partial charge in [-0.3, -0.25) is 9.10 Å². The highest BCUT2D eigenvalue weighted by molar-refractivity contribution is 7.92. The minimum absolute atomic E-state index is 0.00226. The molecule has 35 heavy (non-hydrogen) atoms. The van der Waals surface area contributed by atoms with E-state index in [1.807, 2.05) is 18.2 Å². The number of nitrogens with zero attached hydrogens (tertiary/aromatic N) is 4. The Bertz CT molecular complexity index is 1450. The zero-order chi connectivity index (χ0) is 25.0. The molecule has 0 aliphatic rings. The van der Waals surface area contributed by atoms with Crippen LogP contribution in [0.3, 0.4) is 0 Å². The maximum atomic E-state index is 13.4. The predicted octanol–water partition coefficient (Wildman–Crippen LogP) is 3.72. The van der Waals surface area contributed by atoms with Gasteiger partial charge in [-0.15, -0.1) is 0 Å². The average Bonchev–Trinajstić information content (AvgIpc) is 3.38. The van der Waals surface area contributed by atoms with Crippen LogP contribution in [-0.2, 0) is 16.6 Å². The summed E-state index contributed by atoms with van der Waals surface area (Å²) in [6.07, 6.45) is 3.04. The number of benzene rings is 3. The van der Waals surface area contributed by atoms with Crippen molar-refractivity contribution >= 4 is 27.3 Å². The zero-order valence-electron chi connectivity index (χ0n) is 19.5. The molecule has 0 atom stereocenters. The number of carbonyl (C=O) groups is 1. The van der Waals surface area contributed by atoms with E-state index in [0.29, 0.717) is 29.2 Å². The molecule has 0 spiro atoms. The Labute approximate surface area is 204 Å². The summed E-state index contributed by atoms with van der Waals surface area (Å²) >= 11 is 0. The number of para-hydroxylation sites is 3. The van der Waals surface area contributed by atoms with E-state index in [1.165, 1.54) is 32.6 Å². The molecule has 0 radical (unpaired) electrons. The first-order chi connectivity index (χ1) is 16.8. The minimum atomic E-state index is -3.96. The first kappa shape index (κ1) is 24.0. The number of aryl methyl sites for hydroxylation is 1. The molecule has 0 saturated heterocycles. The second kappa shape index (κ2) is 9.98. The molecule has 10 heteroatoms. The molecule has 0 saturated carbocycles. The van der Waals surface area contributed by atoms with Crippen molar-refractivity contribution in [2.24, 2.45) is 0 Å². The molecule has 9 nitrogen and oxygen atoms in total. The minimum Gasteiger partial charge on any atom is -0.495 e. The summed E-state index contributed by atoms with van der Waals surface area (Å²) in [6.45, 7) is 2.18. The van der Waals surface area contributed by atoms with E-state index in [2.05, 4.69) is 15.4 Å². The summed E-state index contributed by atoms with van der Waals surface area (Å²) in [5.74, 6) is 0.0122. The lowest BCUT2D eigenvalue weighted by Crippen LogP contribution is -2.27. The highest BCUT2D eigenvalue weighted by Crippen LogP contribution is 2.31. The Morgan fingerprint density at radius 3 is 2.57 bits per heavy atom. The van der Waals surface area contributed by atoms with Crippen molar-refractivity contribution in [2.75, 3.05) is 23.8 Å². The Balaban J connectivity index is 1.63. The van der Waals surface area contributed by atoms with Crippen LogP contribution in [0.5, 0.6) is 5.75 Å². The molecule has 0 unspecified atom stereocenters. The SMILES string of the molecule is COc1ccccc1N(C)S(=O)(=O)c1ccc(C)c(C(=O)Nc2ccccc2Cn2cncn2)c1. The number of amides is 1. The van der Waals surface area contributed by atoms with Gasteiger partial charge in [0.1, 0.15) is 18.4 Å². The Kier molecular flexibility index (Phi) is 6.83. The number of aromatic nitrogens is 3. The van der Waals surface area contributed by atoms with Crippen molar-refractivity contribution in [3.63, 3.8) is 0 Å². The maximum Gasteiger partial charge on any atom is 0.264 e. The molecule has 0 fully saturated rings. The topological polar surface area (TPSA) is 106 Å². The lowest BCUT2D eigenvalue weighted by Gasteiger charge is -2.22. The van der Waals surface area contributed by atoms with Gasteiger partial charge >= 0.3 is 0 Å². The monoisotopic (exact) mass is 491 g/mol. The van der Waals surface area contributed by atoms with Gasteiger partial charge in [0.15, 0.2) is 0 Å². The number of nitrogens with one attached hydrogen (secondary N) is 1. The number of hydrogen-bond donors (Lipinski definition) is 1. The van der Waals surface area contributed by atoms with E-state index in [1.54, 1.807) is 54.3 Å². The number of rotatable bonds is 8. The molecule has 0 aliphatic carbocycles. The van der Waals surface area contributed by atoms with Crippen LogP contribution in [-0.4, -0.2) is 43.2 Å². The third-order valence-electron chi connectivity index (χ3n) is 5.60. The van der Waals surface area contributed by atoms with Crippen molar-refractivity contribution in [1.82, 2.24) is 14.8 Å². The predicted molar refractivity (Wildman–Crippen MR) is 133 cm³/mol. The molecule has 1 heterocycles. The Hall–Kier alpha value is -4.18. The van der Waals surface area contributed by atoms with E-state index >= 15 is 0 Å². The van der Waals surface area contributed by atoms with Crippen LogP contribution in [0.2, 0.25) is 0 Å². The summed E-state index contributed by atoms with van der Waals surface area (Å²) in [4.78, 5) is 17.2. The summed E-state index contributed by atoms with van der Waals surface area (Å²) < 4.78 is 34.9. The fraction of sp³-hybridized carbons (Fsp3) is 0.160. The second-order valence-electron chi connectivity index (χ2n) is 7.83. The number of carbonyl (C=O) groups excluding carboxylic acids is 1. The fourth-order valence-electron chi connectivity index (χ4n) is 3.64. The van der Waals surface area contributed by atoms with Crippen molar-refractivity contribution in [1.29, 1.82) is 0 Å². The third kappa shape index (κ3) is 5.02. The quantitative estimate of drug-likeness (QED) is 0.403. The Morgan fingerprint density at radius 1 is 1.09 bits per heavy atom. The van der Waals surface area contributed by atoms with Crippen molar-refractivity contribution < 1.29 is 17.9 Å². The molecule has 180 valence electrons. The van der Waals surface area contributed by atoms with Crippen molar-refractivity contribution in [2.45, 2.75) is 18.4 Å². The molecule has 1 N–H and O–H groups in total. The van der Waals surface area contributed by atoms with Gasteiger partial charge in [0.25, 0.3) is 15.9 Å². The van der Waals surface area contributed by atoms with Gasteiger partial charge in [0, 0.05) is 18.3 Å². The van der Waals surface area contributed by atoms with Crippen LogP contribution in [0, 0.1) is 6.92 Å². The zero-order valence-corrected chi connectivity index (χ0v) is 20.4. The summed E-state index contributed by atoms with van der Waals surface area (Å²) in [7, 11) is -1.03. The van der Waals surface area contributed by atoms with Crippen LogP contribution in [0.1, 0.15) is 21.5 Å². The van der Waals surface area contributed by atoms with E-state index in [4.69, 9.17) is 4.74 Å².